The summed E-state index contributed by atoms with van der Waals surface area (Å²) in [5.74, 6) is -31.6. The maximum Gasteiger partial charge on any atom is 0.428 e. The monoisotopic (exact) mass is 328 g/mol. The van der Waals surface area contributed by atoms with Gasteiger partial charge in [-0.25, -0.2) is 0 Å². The lowest BCUT2D eigenvalue weighted by molar-refractivity contribution is -0.371. The molecule has 13 heteroatoms. The van der Waals surface area contributed by atoms with Gasteiger partial charge >= 0.3 is 35.8 Å². The molecule has 0 aromatic rings. The lowest BCUT2D eigenvalue weighted by Crippen LogP contribution is -2.60. The second-order valence-electron chi connectivity index (χ2n) is 3.51. The predicted octanol–water partition coefficient (Wildman–Crippen LogP) is 4.26. The minimum absolute atomic E-state index is 1.95. The Hall–Kier alpha value is -1.14. The van der Waals surface area contributed by atoms with Gasteiger partial charge < -0.3 is 0 Å². The third kappa shape index (κ3) is 1.64. The fraction of sp³-hybridized carbons (Fsp3) is 0.714. The topological polar surface area (TPSA) is 9.23 Å². The second-order valence-corrected chi connectivity index (χ2v) is 3.51. The van der Waals surface area contributed by atoms with Crippen molar-refractivity contribution in [2.75, 3.05) is 0 Å². The summed E-state index contributed by atoms with van der Waals surface area (Å²) in [6, 6.07) is 0. The van der Waals surface area contributed by atoms with Crippen molar-refractivity contribution in [1.29, 1.82) is 0 Å². The first-order chi connectivity index (χ1) is 8.56. The van der Waals surface area contributed by atoms with E-state index in [-0.39, 0.29) is 0 Å². The molecule has 20 heavy (non-hydrogen) atoms. The molecule has 1 nitrogen and oxygen atoms in total. The van der Waals surface area contributed by atoms with Crippen LogP contribution in [0.5, 0.6) is 0 Å². The molecule has 1 rings (SSSR count). The molecule has 1 heterocycles. The highest BCUT2D eigenvalue weighted by Gasteiger charge is 2.95. The van der Waals surface area contributed by atoms with Gasteiger partial charge in [-0.3, -0.25) is 4.74 Å². The van der Waals surface area contributed by atoms with Crippen LogP contribution in [0.3, 0.4) is 0 Å². The highest BCUT2D eigenvalue weighted by molar-refractivity contribution is 5.21. The Morgan fingerprint density at radius 2 is 1.15 bits per heavy atom. The molecule has 0 saturated carbocycles. The van der Waals surface area contributed by atoms with Gasteiger partial charge in [0.25, 0.3) is 0 Å². The van der Waals surface area contributed by atoms with E-state index in [9.17, 15) is 52.7 Å². The van der Waals surface area contributed by atoms with Crippen LogP contribution in [-0.2, 0) is 4.74 Å². The van der Waals surface area contributed by atoms with Gasteiger partial charge in [-0.05, 0) is 0 Å². The van der Waals surface area contributed by atoms with E-state index in [2.05, 4.69) is 0 Å². The minimum Gasteiger partial charge on any atom is -0.266 e. The Morgan fingerprint density at radius 1 is 0.750 bits per heavy atom. The normalized spacial score (nSPS) is 31.2. The molecule has 1 saturated heterocycles. The van der Waals surface area contributed by atoms with Gasteiger partial charge in [0.05, 0.1) is 0 Å². The van der Waals surface area contributed by atoms with E-state index in [1.54, 1.807) is 0 Å². The molecule has 1 fully saturated rings. The number of halogens is 12. The highest BCUT2D eigenvalue weighted by Crippen LogP contribution is 2.65. The van der Waals surface area contributed by atoms with Crippen LogP contribution in [0, 0.1) is 0 Å². The van der Waals surface area contributed by atoms with Crippen molar-refractivity contribution in [1.82, 2.24) is 0 Å². The number of ether oxygens (including phenoxy) is 1. The van der Waals surface area contributed by atoms with E-state index in [1.165, 1.54) is 0 Å². The van der Waals surface area contributed by atoms with Gasteiger partial charge in [0.1, 0.15) is 0 Å². The second kappa shape index (κ2) is 3.95. The summed E-state index contributed by atoms with van der Waals surface area (Å²) in [6.45, 7) is 0. The van der Waals surface area contributed by atoms with Gasteiger partial charge in [0, 0.05) is 0 Å². The van der Waals surface area contributed by atoms with E-state index < -0.39 is 41.6 Å². The first kappa shape index (κ1) is 16.9. The molecule has 1 atom stereocenters. The first-order valence-corrected chi connectivity index (χ1v) is 4.18. The molecule has 0 amide bonds. The summed E-state index contributed by atoms with van der Waals surface area (Å²) in [6.07, 6.45) is -10.6. The molecule has 0 N–H and O–H groups in total. The van der Waals surface area contributed by atoms with Crippen molar-refractivity contribution < 1.29 is 57.4 Å². The smallest absolute Gasteiger partial charge is 0.266 e. The Balaban J connectivity index is 3.56. The van der Waals surface area contributed by atoms with Crippen molar-refractivity contribution in [2.24, 2.45) is 0 Å². The van der Waals surface area contributed by atoms with E-state index >= 15 is 0 Å². The Labute approximate surface area is 100 Å². The lowest BCUT2D eigenvalue weighted by Gasteiger charge is -2.31. The van der Waals surface area contributed by atoms with Crippen LogP contribution in [0.2, 0.25) is 0 Å². The van der Waals surface area contributed by atoms with Crippen LogP contribution >= 0.6 is 0 Å². The van der Waals surface area contributed by atoms with Gasteiger partial charge in [-0.2, -0.15) is 52.7 Å². The van der Waals surface area contributed by atoms with E-state index in [0.29, 0.717) is 0 Å². The van der Waals surface area contributed by atoms with Crippen molar-refractivity contribution >= 4 is 0 Å². The first-order valence-electron chi connectivity index (χ1n) is 4.18. The SMILES string of the molecule is FC(F)=C(F)C(F)(F)C1(F)OC(F)(F)C(F)(F)C1(F)F. The zero-order chi connectivity index (χ0) is 16.4. The number of hydrogen-bond acceptors (Lipinski definition) is 1. The molecule has 1 aliphatic rings. The van der Waals surface area contributed by atoms with Crippen LogP contribution in [0.4, 0.5) is 52.7 Å². The van der Waals surface area contributed by atoms with Crippen molar-refractivity contribution in [3.63, 3.8) is 0 Å². The standard InChI is InChI=1S/C7F12O/c8-1(2(9)10)3(11,12)6(17)4(13,14)5(15,16)7(18,19)20-6. The largest absolute Gasteiger partial charge is 0.428 e. The summed E-state index contributed by atoms with van der Waals surface area (Å²) in [5.41, 5.74) is 0. The van der Waals surface area contributed by atoms with E-state index in [0.717, 1.165) is 0 Å². The number of hydrogen-bond donors (Lipinski definition) is 0. The fourth-order valence-corrected chi connectivity index (χ4v) is 1.21. The molecule has 0 aliphatic carbocycles. The van der Waals surface area contributed by atoms with Crippen LogP contribution in [0.15, 0.2) is 11.9 Å². The summed E-state index contributed by atoms with van der Waals surface area (Å²) in [5, 5.41) is 0. The quantitative estimate of drug-likeness (QED) is 0.689. The predicted molar refractivity (Wildman–Crippen MR) is 35.1 cm³/mol. The number of alkyl halides is 9. The van der Waals surface area contributed by atoms with Crippen LogP contribution < -0.4 is 0 Å². The summed E-state index contributed by atoms with van der Waals surface area (Å²) < 4.78 is 151. The van der Waals surface area contributed by atoms with Crippen molar-refractivity contribution in [3.05, 3.63) is 11.9 Å². The third-order valence-corrected chi connectivity index (χ3v) is 2.28. The Kier molecular flexibility index (Phi) is 3.34. The van der Waals surface area contributed by atoms with Crippen molar-refractivity contribution in [2.45, 2.75) is 29.7 Å². The molecule has 0 bridgehead atoms. The Morgan fingerprint density at radius 3 is 1.40 bits per heavy atom. The Bertz CT molecular complexity index is 449. The zero-order valence-electron chi connectivity index (χ0n) is 8.44. The molecule has 0 radical (unpaired) electrons. The molecule has 1 aliphatic heterocycles. The molecular weight excluding hydrogens is 328 g/mol. The molecule has 0 aromatic heterocycles. The van der Waals surface area contributed by atoms with Gasteiger partial charge in [0.2, 0.25) is 5.83 Å². The minimum atomic E-state index is -7.00. The maximum absolute atomic E-state index is 13.2. The van der Waals surface area contributed by atoms with Crippen LogP contribution in [-0.4, -0.2) is 29.7 Å². The summed E-state index contributed by atoms with van der Waals surface area (Å²) in [7, 11) is 0. The molecular formula is C7F12O. The van der Waals surface area contributed by atoms with E-state index in [4.69, 9.17) is 0 Å². The lowest BCUT2D eigenvalue weighted by atomic mass is 9.99. The van der Waals surface area contributed by atoms with Gasteiger partial charge in [-0.15, -0.1) is 0 Å². The van der Waals surface area contributed by atoms with Crippen LogP contribution in [0.25, 0.3) is 0 Å². The zero-order valence-corrected chi connectivity index (χ0v) is 8.44. The molecule has 0 aromatic carbocycles. The number of rotatable bonds is 2. The maximum atomic E-state index is 13.2. The average Bonchev–Trinajstić information content (AvgIpc) is 2.34. The summed E-state index contributed by atoms with van der Waals surface area (Å²) >= 11 is 0. The van der Waals surface area contributed by atoms with E-state index in [1.807, 2.05) is 4.74 Å². The summed E-state index contributed by atoms with van der Waals surface area (Å²) in [4.78, 5) is 0. The molecule has 118 valence electrons. The molecule has 0 spiro atoms. The van der Waals surface area contributed by atoms with Crippen LogP contribution in [0.1, 0.15) is 0 Å². The van der Waals surface area contributed by atoms with Crippen molar-refractivity contribution in [3.8, 4) is 0 Å². The fourth-order valence-electron chi connectivity index (χ4n) is 1.21. The third-order valence-electron chi connectivity index (χ3n) is 2.28. The van der Waals surface area contributed by atoms with Gasteiger partial charge in [0.15, 0.2) is 0 Å². The molecule has 1 unspecified atom stereocenters. The average molecular weight is 328 g/mol. The van der Waals surface area contributed by atoms with Gasteiger partial charge in [-0.1, -0.05) is 0 Å². The highest BCUT2D eigenvalue weighted by atomic mass is 19.4.